The first-order valence-electron chi connectivity index (χ1n) is 10.7. The summed E-state index contributed by atoms with van der Waals surface area (Å²) in [6.45, 7) is 6.92. The highest BCUT2D eigenvalue weighted by Gasteiger charge is 2.35. The highest BCUT2D eigenvalue weighted by molar-refractivity contribution is 5.96. The first-order chi connectivity index (χ1) is 14.8. The molecule has 0 aliphatic carbocycles. The fourth-order valence-electron chi connectivity index (χ4n) is 4.55. The Balaban J connectivity index is 1.46. The summed E-state index contributed by atoms with van der Waals surface area (Å²) in [6.07, 6.45) is 0.574. The zero-order chi connectivity index (χ0) is 22.4. The lowest BCUT2D eigenvalue weighted by atomic mass is 9.91. The Morgan fingerprint density at radius 2 is 2.10 bits per heavy atom. The van der Waals surface area contributed by atoms with Gasteiger partial charge in [0.05, 0.1) is 18.7 Å². The van der Waals surface area contributed by atoms with Gasteiger partial charge in [0.1, 0.15) is 0 Å². The van der Waals surface area contributed by atoms with Gasteiger partial charge in [0.25, 0.3) is 5.91 Å². The Labute approximate surface area is 180 Å². The molecule has 2 aliphatic rings. The third kappa shape index (κ3) is 6.40. The number of nitrogens with zero attached hydrogens (tertiary/aromatic N) is 1. The van der Waals surface area contributed by atoms with Crippen molar-refractivity contribution in [3.8, 4) is 0 Å². The van der Waals surface area contributed by atoms with Crippen molar-refractivity contribution in [1.82, 2.24) is 10.2 Å². The molecule has 1 aromatic carbocycles. The number of carbonyl (C=O) groups is 2. The Bertz CT molecular complexity index is 797. The number of hydrogen-bond acceptors (Lipinski definition) is 4. The van der Waals surface area contributed by atoms with Crippen LogP contribution in [0.4, 0.5) is 13.2 Å². The molecule has 3 atom stereocenters. The number of nitrogens with one attached hydrogen (secondary N) is 1. The number of Topliss-reactive ketones (excluding diaryl/α,β-unsaturated/α-hetero) is 1. The van der Waals surface area contributed by atoms with Gasteiger partial charge in [-0.25, -0.2) is 0 Å². The monoisotopic (exact) mass is 438 g/mol. The molecule has 0 bridgehead atoms. The van der Waals surface area contributed by atoms with E-state index in [1.54, 1.807) is 0 Å². The molecule has 1 amide bonds. The van der Waals surface area contributed by atoms with Crippen molar-refractivity contribution in [2.24, 2.45) is 11.8 Å². The van der Waals surface area contributed by atoms with E-state index in [0.29, 0.717) is 18.4 Å². The Morgan fingerprint density at radius 3 is 2.84 bits per heavy atom. The van der Waals surface area contributed by atoms with Crippen LogP contribution in [0.2, 0.25) is 0 Å². The number of benzene rings is 1. The van der Waals surface area contributed by atoms with Crippen LogP contribution in [0, 0.1) is 11.8 Å². The molecule has 5 nitrogen and oxygen atoms in total. The molecule has 0 spiro atoms. The van der Waals surface area contributed by atoms with Crippen LogP contribution in [-0.4, -0.2) is 55.5 Å². The average molecular weight is 438 g/mol. The molecular weight excluding hydrogens is 409 g/mol. The van der Waals surface area contributed by atoms with E-state index in [2.05, 4.69) is 16.8 Å². The molecule has 2 aliphatic heterocycles. The van der Waals surface area contributed by atoms with Gasteiger partial charge in [-0.1, -0.05) is 12.1 Å². The number of ether oxygens (including phenoxy) is 1. The summed E-state index contributed by atoms with van der Waals surface area (Å²) in [5.41, 5.74) is -0.997. The Morgan fingerprint density at radius 1 is 1.29 bits per heavy atom. The molecule has 170 valence electrons. The van der Waals surface area contributed by atoms with Crippen LogP contribution in [0.3, 0.4) is 0 Å². The molecule has 0 saturated carbocycles. The van der Waals surface area contributed by atoms with Gasteiger partial charge in [-0.15, -0.1) is 6.58 Å². The summed E-state index contributed by atoms with van der Waals surface area (Å²) in [4.78, 5) is 27.0. The van der Waals surface area contributed by atoms with Crippen molar-refractivity contribution < 1.29 is 27.5 Å². The minimum Gasteiger partial charge on any atom is -0.381 e. The van der Waals surface area contributed by atoms with Gasteiger partial charge >= 0.3 is 6.18 Å². The van der Waals surface area contributed by atoms with E-state index in [9.17, 15) is 22.8 Å². The van der Waals surface area contributed by atoms with Crippen molar-refractivity contribution in [2.75, 3.05) is 32.8 Å². The van der Waals surface area contributed by atoms with Gasteiger partial charge in [0.15, 0.2) is 5.78 Å². The molecular formula is C23H29F3N2O3. The zero-order valence-corrected chi connectivity index (χ0v) is 17.5. The van der Waals surface area contributed by atoms with Crippen LogP contribution >= 0.6 is 0 Å². The normalized spacial score (nSPS) is 24.7. The van der Waals surface area contributed by atoms with Crippen molar-refractivity contribution in [2.45, 2.75) is 37.9 Å². The third-order valence-corrected chi connectivity index (χ3v) is 6.10. The molecule has 2 fully saturated rings. The smallest absolute Gasteiger partial charge is 0.381 e. The molecule has 0 radical (unpaired) electrons. The number of allylic oxidation sites excluding steroid dienone is 1. The van der Waals surface area contributed by atoms with E-state index in [-0.39, 0.29) is 23.8 Å². The second kappa shape index (κ2) is 10.4. The maximum Gasteiger partial charge on any atom is 0.416 e. The second-order valence-electron chi connectivity index (χ2n) is 8.37. The third-order valence-electron chi connectivity index (χ3n) is 6.10. The first kappa shape index (κ1) is 23.5. The van der Waals surface area contributed by atoms with E-state index in [0.717, 1.165) is 57.7 Å². The molecule has 3 rings (SSSR count). The molecule has 2 unspecified atom stereocenters. The summed E-state index contributed by atoms with van der Waals surface area (Å²) in [5.74, 6) is -0.138. The lowest BCUT2D eigenvalue weighted by molar-refractivity contribution is -0.137. The molecule has 8 heteroatoms. The van der Waals surface area contributed by atoms with Crippen LogP contribution in [0.25, 0.3) is 0 Å². The molecule has 31 heavy (non-hydrogen) atoms. The van der Waals surface area contributed by atoms with Crippen molar-refractivity contribution >= 4 is 11.7 Å². The standard InChI is InChI=1S/C23H29F3N2O3/c1-2-4-18-15-31-10-8-21(18)28-9-7-16(14-28)11-20(29)13-27-22(30)17-5-3-6-19(12-17)23(24,25)26/h2-3,5-6,12,16,18,21H,1,4,7-11,13-15H2,(H,27,30)/t16-,18?,21?/m0/s1. The van der Waals surface area contributed by atoms with Crippen LogP contribution in [0.5, 0.6) is 0 Å². The summed E-state index contributed by atoms with van der Waals surface area (Å²) in [5, 5.41) is 2.45. The van der Waals surface area contributed by atoms with Gasteiger partial charge in [-0.05, 0) is 49.9 Å². The van der Waals surface area contributed by atoms with Crippen molar-refractivity contribution in [1.29, 1.82) is 0 Å². The fraction of sp³-hybridized carbons (Fsp3) is 0.565. The van der Waals surface area contributed by atoms with Gasteiger partial charge in [-0.3, -0.25) is 14.5 Å². The van der Waals surface area contributed by atoms with Crippen LogP contribution in [0.15, 0.2) is 36.9 Å². The number of hydrogen-bond donors (Lipinski definition) is 1. The van der Waals surface area contributed by atoms with Crippen LogP contribution in [0.1, 0.15) is 41.6 Å². The maximum atomic E-state index is 12.8. The molecule has 2 saturated heterocycles. The second-order valence-corrected chi connectivity index (χ2v) is 8.37. The lowest BCUT2D eigenvalue weighted by Crippen LogP contribution is -2.44. The molecule has 0 aromatic heterocycles. The quantitative estimate of drug-likeness (QED) is 0.629. The SMILES string of the molecule is C=CCC1COCCC1N1CC[C@@H](CC(=O)CNC(=O)c2cccc(C(F)(F)F)c2)C1. The Kier molecular flexibility index (Phi) is 7.89. The van der Waals surface area contributed by atoms with Crippen molar-refractivity contribution in [3.05, 3.63) is 48.0 Å². The number of likely N-dealkylation sites (tertiary alicyclic amines) is 1. The number of amides is 1. The predicted molar refractivity (Wildman–Crippen MR) is 111 cm³/mol. The minimum absolute atomic E-state index is 0.109. The van der Waals surface area contributed by atoms with E-state index in [4.69, 9.17) is 4.74 Å². The topological polar surface area (TPSA) is 58.6 Å². The summed E-state index contributed by atoms with van der Waals surface area (Å²) in [7, 11) is 0. The predicted octanol–water partition coefficient (Wildman–Crippen LogP) is 3.70. The van der Waals surface area contributed by atoms with E-state index in [1.165, 1.54) is 12.1 Å². The van der Waals surface area contributed by atoms with E-state index in [1.807, 2.05) is 6.08 Å². The Hall–Kier alpha value is -2.19. The molecule has 2 heterocycles. The highest BCUT2D eigenvalue weighted by atomic mass is 19.4. The van der Waals surface area contributed by atoms with Gasteiger partial charge < -0.3 is 10.1 Å². The highest BCUT2D eigenvalue weighted by Crippen LogP contribution is 2.31. The van der Waals surface area contributed by atoms with Crippen LogP contribution in [-0.2, 0) is 15.7 Å². The van der Waals surface area contributed by atoms with Crippen molar-refractivity contribution in [3.63, 3.8) is 0 Å². The molecule has 1 aromatic rings. The maximum absolute atomic E-state index is 12.8. The van der Waals surface area contributed by atoms with Gasteiger partial charge in [0.2, 0.25) is 0 Å². The fourth-order valence-corrected chi connectivity index (χ4v) is 4.55. The number of ketones is 1. The van der Waals surface area contributed by atoms with Gasteiger partial charge in [-0.2, -0.15) is 13.2 Å². The molecule has 1 N–H and O–H groups in total. The summed E-state index contributed by atoms with van der Waals surface area (Å²) >= 11 is 0. The minimum atomic E-state index is -4.52. The van der Waals surface area contributed by atoms with Gasteiger partial charge in [0, 0.05) is 37.1 Å². The van der Waals surface area contributed by atoms with E-state index >= 15 is 0 Å². The summed E-state index contributed by atoms with van der Waals surface area (Å²) in [6, 6.07) is 4.63. The van der Waals surface area contributed by atoms with Crippen LogP contribution < -0.4 is 5.32 Å². The largest absolute Gasteiger partial charge is 0.416 e. The zero-order valence-electron chi connectivity index (χ0n) is 17.5. The average Bonchev–Trinajstić information content (AvgIpc) is 3.20. The number of alkyl halides is 3. The lowest BCUT2D eigenvalue weighted by Gasteiger charge is -2.37. The first-order valence-corrected chi connectivity index (χ1v) is 10.7. The summed E-state index contributed by atoms with van der Waals surface area (Å²) < 4.78 is 44.0. The number of halogens is 3. The van der Waals surface area contributed by atoms with E-state index < -0.39 is 17.6 Å². The number of carbonyl (C=O) groups excluding carboxylic acids is 2. The number of rotatable bonds is 8.